The molecule has 2 heterocycles. The van der Waals surface area contributed by atoms with Crippen molar-refractivity contribution in [3.63, 3.8) is 0 Å². The molecule has 1 aliphatic rings. The van der Waals surface area contributed by atoms with Crippen LogP contribution in [0.15, 0.2) is 41.5 Å². The first kappa shape index (κ1) is 30.3. The molecule has 1 saturated heterocycles. The van der Waals surface area contributed by atoms with Gasteiger partial charge in [-0.05, 0) is 19.4 Å². The number of hydrogen-bond acceptors (Lipinski definition) is 13. The quantitative estimate of drug-likeness (QED) is 0.158. The Morgan fingerprint density at radius 3 is 2.63 bits per heavy atom. The molecule has 0 bridgehead atoms. The summed E-state index contributed by atoms with van der Waals surface area (Å²) in [5.74, 6) is -0.118. The molecule has 0 spiro atoms. The van der Waals surface area contributed by atoms with Crippen LogP contribution in [0.4, 0.5) is 5.95 Å². The first-order chi connectivity index (χ1) is 18.0. The van der Waals surface area contributed by atoms with Gasteiger partial charge in [0.05, 0.1) is 25.2 Å². The summed E-state index contributed by atoms with van der Waals surface area (Å²) < 4.78 is 31.0. The topological polar surface area (TPSA) is 208 Å². The lowest BCUT2D eigenvalue weighted by molar-refractivity contribution is -0.119. The van der Waals surface area contributed by atoms with Gasteiger partial charge < -0.3 is 25.8 Å². The summed E-state index contributed by atoms with van der Waals surface area (Å²) in [4.78, 5) is 31.5. The third kappa shape index (κ3) is 7.91. The van der Waals surface area contributed by atoms with Crippen molar-refractivity contribution in [2.45, 2.75) is 44.9 Å². The predicted molar refractivity (Wildman–Crippen MR) is 138 cm³/mol. The van der Waals surface area contributed by atoms with Crippen LogP contribution < -0.4 is 16.5 Å². The van der Waals surface area contributed by atoms with Crippen LogP contribution in [-0.4, -0.2) is 78.9 Å². The van der Waals surface area contributed by atoms with Gasteiger partial charge in [-0.15, -0.1) is 0 Å². The number of aliphatic hydroxyl groups is 3. The Morgan fingerprint density at radius 2 is 1.97 bits per heavy atom. The fourth-order valence-electron chi connectivity index (χ4n) is 3.26. The zero-order chi connectivity index (χ0) is 27.9. The Hall–Kier alpha value is -2.20. The lowest BCUT2D eigenvalue weighted by Crippen LogP contribution is -2.36. The van der Waals surface area contributed by atoms with Crippen LogP contribution in [0.2, 0.25) is 0 Å². The first-order valence-corrected chi connectivity index (χ1v) is 14.2. The first-order valence-electron chi connectivity index (χ1n) is 11.6. The van der Waals surface area contributed by atoms with Crippen molar-refractivity contribution in [1.29, 1.82) is 0 Å². The molecule has 0 saturated carbocycles. The molecule has 5 atom stereocenters. The number of anilines is 1. The molecule has 16 heteroatoms. The Balaban J connectivity index is 1.64. The number of nitrogens with zero attached hydrogens (tertiary/aromatic N) is 3. The highest BCUT2D eigenvalue weighted by Crippen LogP contribution is 2.45. The van der Waals surface area contributed by atoms with Crippen LogP contribution in [0.1, 0.15) is 25.6 Å². The molecule has 38 heavy (non-hydrogen) atoms. The molecule has 3 rings (SSSR count). The Morgan fingerprint density at radius 1 is 1.26 bits per heavy atom. The lowest BCUT2D eigenvalue weighted by atomic mass is 9.97. The van der Waals surface area contributed by atoms with Crippen LogP contribution in [0.5, 0.6) is 0 Å². The van der Waals surface area contributed by atoms with E-state index in [1.807, 2.05) is 18.2 Å². The van der Waals surface area contributed by atoms with Crippen molar-refractivity contribution in [1.82, 2.24) is 19.6 Å². The number of benzene rings is 1. The van der Waals surface area contributed by atoms with Crippen LogP contribution >= 0.6 is 19.5 Å². The van der Waals surface area contributed by atoms with Gasteiger partial charge in [0.15, 0.2) is 11.3 Å². The molecule has 1 aromatic heterocycles. The number of nitrogens with two attached hydrogens (primary N) is 1. The highest BCUT2D eigenvalue weighted by molar-refractivity contribution is 8.13. The van der Waals surface area contributed by atoms with Gasteiger partial charge >= 0.3 is 13.4 Å². The molecule has 0 radical (unpaired) electrons. The van der Waals surface area contributed by atoms with Crippen molar-refractivity contribution in [3.8, 4) is 0 Å². The summed E-state index contributed by atoms with van der Waals surface area (Å²) in [6, 6.07) is 9.06. The number of carbonyl (C=O) groups is 1. The van der Waals surface area contributed by atoms with E-state index in [2.05, 4.69) is 15.1 Å². The third-order valence-corrected chi connectivity index (χ3v) is 8.35. The van der Waals surface area contributed by atoms with Crippen LogP contribution in [0.3, 0.4) is 0 Å². The normalized spacial score (nSPS) is 23.3. The minimum atomic E-state index is -4.01. The largest absolute Gasteiger partial charge is 0.405 e. The molecule has 2 aromatic rings. The van der Waals surface area contributed by atoms with E-state index in [0.29, 0.717) is 0 Å². The highest BCUT2D eigenvalue weighted by Gasteiger charge is 2.45. The molecule has 1 aliphatic heterocycles. The number of ether oxygens (including phenoxy) is 1. The minimum absolute atomic E-state index is 0.124. The fraction of sp³-hybridized carbons (Fsp3) is 0.545. The summed E-state index contributed by atoms with van der Waals surface area (Å²) in [7, 11) is -4.01. The Kier molecular flexibility index (Phi) is 10.6. The molecule has 1 aromatic carbocycles. The Bertz CT molecular complexity index is 1190. The average molecular weight is 574 g/mol. The molecule has 6 N–H and O–H groups in total. The zero-order valence-electron chi connectivity index (χ0n) is 20.9. The SMILES string of the molecule is CC(C)(CO)C(=O)SCCOP(=O)(NCc1ccccc1)OCC1OC(n2cnc(N)nc2=O)C(O)C1O. The maximum Gasteiger partial charge on any atom is 0.405 e. The summed E-state index contributed by atoms with van der Waals surface area (Å²) >= 11 is 0.928. The summed E-state index contributed by atoms with van der Waals surface area (Å²) in [6.07, 6.45) is -4.52. The molecule has 0 aliphatic carbocycles. The smallest absolute Gasteiger partial charge is 0.395 e. The number of aromatic nitrogens is 3. The number of rotatable bonds is 13. The molecule has 5 unspecified atom stereocenters. The Labute approximate surface area is 223 Å². The van der Waals surface area contributed by atoms with E-state index in [9.17, 15) is 29.5 Å². The number of nitrogen functional groups attached to an aromatic ring is 1. The number of thioether (sulfide) groups is 1. The van der Waals surface area contributed by atoms with E-state index in [4.69, 9.17) is 19.5 Å². The standard InChI is InChI=1S/C22H32N5O9PS/c1-22(2,12-28)19(31)38-9-8-34-37(33,25-10-14-6-4-3-5-7-14)35-11-15-16(29)17(30)18(36-15)27-13-24-20(23)26-21(27)32/h3-7,13,15-18,28-30H,8-12H2,1-2H3,(H,25,33)(H2,23,26,32). The second-order valence-electron chi connectivity index (χ2n) is 9.08. The van der Waals surface area contributed by atoms with Gasteiger partial charge in [-0.3, -0.25) is 18.4 Å². The second-order valence-corrected chi connectivity index (χ2v) is 12.0. The number of aliphatic hydroxyl groups excluding tert-OH is 3. The van der Waals surface area contributed by atoms with Gasteiger partial charge in [-0.1, -0.05) is 42.1 Å². The summed E-state index contributed by atoms with van der Waals surface area (Å²) in [5.41, 5.74) is 4.41. The van der Waals surface area contributed by atoms with Crippen LogP contribution in [-0.2, 0) is 29.7 Å². The van der Waals surface area contributed by atoms with E-state index in [0.717, 1.165) is 28.2 Å². The van der Waals surface area contributed by atoms with Gasteiger partial charge in [0, 0.05) is 12.3 Å². The highest BCUT2D eigenvalue weighted by atomic mass is 32.2. The predicted octanol–water partition coefficient (Wildman–Crippen LogP) is 0.0491. The number of carbonyl (C=O) groups excluding carboxylic acids is 1. The van der Waals surface area contributed by atoms with Crippen molar-refractivity contribution >= 4 is 30.6 Å². The van der Waals surface area contributed by atoms with E-state index >= 15 is 0 Å². The maximum absolute atomic E-state index is 13.5. The fourth-order valence-corrected chi connectivity index (χ4v) is 5.50. The van der Waals surface area contributed by atoms with Crippen molar-refractivity contribution in [3.05, 3.63) is 52.7 Å². The third-order valence-electron chi connectivity index (χ3n) is 5.61. The molecule has 1 fully saturated rings. The second kappa shape index (κ2) is 13.2. The van der Waals surface area contributed by atoms with E-state index < -0.39 is 50.0 Å². The van der Waals surface area contributed by atoms with Crippen molar-refractivity contribution in [2.75, 3.05) is 31.3 Å². The summed E-state index contributed by atoms with van der Waals surface area (Å²) in [6.45, 7) is 2.43. The van der Waals surface area contributed by atoms with Gasteiger partial charge in [0.25, 0.3) is 0 Å². The minimum Gasteiger partial charge on any atom is -0.395 e. The molecule has 210 valence electrons. The zero-order valence-corrected chi connectivity index (χ0v) is 22.6. The monoisotopic (exact) mass is 573 g/mol. The van der Waals surface area contributed by atoms with Gasteiger partial charge in [0.1, 0.15) is 24.6 Å². The number of nitrogens with one attached hydrogen (secondary N) is 1. The maximum atomic E-state index is 13.5. The molecular formula is C22H32N5O9PS. The van der Waals surface area contributed by atoms with Crippen LogP contribution in [0, 0.1) is 5.41 Å². The van der Waals surface area contributed by atoms with Crippen molar-refractivity contribution < 1.29 is 38.5 Å². The van der Waals surface area contributed by atoms with Crippen molar-refractivity contribution in [2.24, 2.45) is 5.41 Å². The van der Waals surface area contributed by atoms with Gasteiger partial charge in [-0.25, -0.2) is 19.4 Å². The summed E-state index contributed by atoms with van der Waals surface area (Å²) in [5, 5.41) is 32.7. The molecule has 14 nitrogen and oxygen atoms in total. The average Bonchev–Trinajstić information content (AvgIpc) is 3.18. The van der Waals surface area contributed by atoms with E-state index in [1.165, 1.54) is 0 Å². The molecular weight excluding hydrogens is 541 g/mol. The van der Waals surface area contributed by atoms with E-state index in [1.54, 1.807) is 26.0 Å². The number of hydrogen-bond donors (Lipinski definition) is 5. The van der Waals surface area contributed by atoms with Crippen LogP contribution in [0.25, 0.3) is 0 Å². The molecule has 0 amide bonds. The van der Waals surface area contributed by atoms with Gasteiger partial charge in [0.2, 0.25) is 5.95 Å². The van der Waals surface area contributed by atoms with E-state index in [-0.39, 0.29) is 36.6 Å². The van der Waals surface area contributed by atoms with Gasteiger partial charge in [-0.2, -0.15) is 4.98 Å². The lowest BCUT2D eigenvalue weighted by Gasteiger charge is -2.23.